The Bertz CT molecular complexity index is 175. The third kappa shape index (κ3) is 4.81. The molecule has 1 aliphatic heterocycles. The topological polar surface area (TPSA) is 24.5 Å². The first-order chi connectivity index (χ1) is 7.75. The smallest absolute Gasteiger partial charge is 0.0702 e. The van der Waals surface area contributed by atoms with Crippen molar-refractivity contribution >= 4 is 0 Å². The lowest BCUT2D eigenvalue weighted by molar-refractivity contribution is 0.0831. The van der Waals surface area contributed by atoms with Crippen molar-refractivity contribution in [2.24, 2.45) is 0 Å². The Hall–Kier alpha value is -0.120. The normalized spacial score (nSPS) is 25.5. The molecule has 16 heavy (non-hydrogen) atoms. The van der Waals surface area contributed by atoms with Gasteiger partial charge < -0.3 is 15.0 Å². The maximum absolute atomic E-state index is 5.60. The number of nitrogens with one attached hydrogen (secondary N) is 1. The van der Waals surface area contributed by atoms with Crippen LogP contribution < -0.4 is 5.32 Å². The zero-order valence-electron chi connectivity index (χ0n) is 11.2. The largest absolute Gasteiger partial charge is 0.377 e. The maximum atomic E-state index is 5.60. The number of rotatable bonds is 8. The molecule has 0 saturated carbocycles. The van der Waals surface area contributed by atoms with E-state index in [2.05, 4.69) is 24.2 Å². The van der Waals surface area contributed by atoms with Crippen molar-refractivity contribution in [1.82, 2.24) is 10.2 Å². The van der Waals surface area contributed by atoms with E-state index in [-0.39, 0.29) is 0 Å². The number of hydrogen-bond acceptors (Lipinski definition) is 3. The van der Waals surface area contributed by atoms with Gasteiger partial charge in [0.25, 0.3) is 0 Å². The summed E-state index contributed by atoms with van der Waals surface area (Å²) in [6.07, 6.45) is 6.97. The van der Waals surface area contributed by atoms with Crippen LogP contribution in [0.25, 0.3) is 0 Å². The van der Waals surface area contributed by atoms with Gasteiger partial charge in [0.15, 0.2) is 0 Å². The second-order valence-electron chi connectivity index (χ2n) is 4.93. The van der Waals surface area contributed by atoms with Crippen molar-refractivity contribution in [3.8, 4) is 0 Å². The molecule has 3 nitrogen and oxygen atoms in total. The summed E-state index contributed by atoms with van der Waals surface area (Å²) in [6, 6.07) is 0.650. The third-order valence-electron chi connectivity index (χ3n) is 3.59. The molecule has 1 N–H and O–H groups in total. The van der Waals surface area contributed by atoms with Crippen LogP contribution >= 0.6 is 0 Å². The molecule has 0 aromatic rings. The highest BCUT2D eigenvalue weighted by molar-refractivity contribution is 4.80. The summed E-state index contributed by atoms with van der Waals surface area (Å²) >= 11 is 0. The molecular formula is C13H28N2O. The van der Waals surface area contributed by atoms with E-state index in [4.69, 9.17) is 4.74 Å². The quantitative estimate of drug-likeness (QED) is 0.642. The molecule has 0 amide bonds. The molecule has 0 aromatic heterocycles. The molecule has 2 unspecified atom stereocenters. The minimum Gasteiger partial charge on any atom is -0.377 e. The van der Waals surface area contributed by atoms with E-state index in [1.165, 1.54) is 38.6 Å². The predicted molar refractivity (Wildman–Crippen MR) is 68.8 cm³/mol. The summed E-state index contributed by atoms with van der Waals surface area (Å²) in [5.74, 6) is 0. The van der Waals surface area contributed by atoms with Crippen molar-refractivity contribution in [2.45, 2.75) is 51.2 Å². The van der Waals surface area contributed by atoms with E-state index >= 15 is 0 Å². The standard InChI is InChI=1S/C13H28N2O/c1-12-13(8-11-16-12)15(3)10-7-5-4-6-9-14-2/h12-14H,4-11H2,1-3H3. The molecule has 0 spiro atoms. The van der Waals surface area contributed by atoms with Gasteiger partial charge in [-0.1, -0.05) is 12.8 Å². The van der Waals surface area contributed by atoms with Gasteiger partial charge in [-0.05, 0) is 53.4 Å². The number of hydrogen-bond donors (Lipinski definition) is 1. The molecule has 0 aliphatic carbocycles. The fourth-order valence-corrected chi connectivity index (χ4v) is 2.48. The Labute approximate surface area is 101 Å². The molecule has 96 valence electrons. The number of unbranched alkanes of at least 4 members (excludes halogenated alkanes) is 3. The molecule has 0 radical (unpaired) electrons. The van der Waals surface area contributed by atoms with Crippen LogP contribution in [0.15, 0.2) is 0 Å². The fraction of sp³-hybridized carbons (Fsp3) is 1.00. The third-order valence-corrected chi connectivity index (χ3v) is 3.59. The van der Waals surface area contributed by atoms with Crippen molar-refractivity contribution in [3.05, 3.63) is 0 Å². The van der Waals surface area contributed by atoms with Crippen LogP contribution in [0.3, 0.4) is 0 Å². The van der Waals surface area contributed by atoms with Gasteiger partial charge >= 0.3 is 0 Å². The van der Waals surface area contributed by atoms with E-state index in [0.717, 1.165) is 13.2 Å². The van der Waals surface area contributed by atoms with Crippen molar-refractivity contribution in [3.63, 3.8) is 0 Å². The lowest BCUT2D eigenvalue weighted by Crippen LogP contribution is -2.37. The van der Waals surface area contributed by atoms with Crippen LogP contribution in [0.4, 0.5) is 0 Å². The van der Waals surface area contributed by atoms with Gasteiger partial charge in [-0.3, -0.25) is 0 Å². The Morgan fingerprint density at radius 3 is 2.62 bits per heavy atom. The van der Waals surface area contributed by atoms with Gasteiger partial charge in [0, 0.05) is 12.6 Å². The van der Waals surface area contributed by atoms with Gasteiger partial charge in [0.2, 0.25) is 0 Å². The Morgan fingerprint density at radius 1 is 1.25 bits per heavy atom. The Morgan fingerprint density at radius 2 is 2.00 bits per heavy atom. The highest BCUT2D eigenvalue weighted by Gasteiger charge is 2.27. The molecule has 1 aliphatic rings. The second-order valence-corrected chi connectivity index (χ2v) is 4.93. The van der Waals surface area contributed by atoms with Crippen LogP contribution in [0, 0.1) is 0 Å². The monoisotopic (exact) mass is 228 g/mol. The molecule has 1 heterocycles. The van der Waals surface area contributed by atoms with E-state index < -0.39 is 0 Å². The van der Waals surface area contributed by atoms with Gasteiger partial charge in [-0.2, -0.15) is 0 Å². The lowest BCUT2D eigenvalue weighted by atomic mass is 10.1. The summed E-state index contributed by atoms with van der Waals surface area (Å²) in [4.78, 5) is 2.48. The minimum absolute atomic E-state index is 0.425. The number of nitrogens with zero attached hydrogens (tertiary/aromatic N) is 1. The predicted octanol–water partition coefficient (Wildman–Crippen LogP) is 1.88. The highest BCUT2D eigenvalue weighted by atomic mass is 16.5. The summed E-state index contributed by atoms with van der Waals surface area (Å²) in [6.45, 7) is 5.51. The van der Waals surface area contributed by atoms with E-state index in [1.54, 1.807) is 0 Å². The molecule has 1 fully saturated rings. The van der Waals surface area contributed by atoms with Crippen molar-refractivity contribution in [2.75, 3.05) is 33.8 Å². The lowest BCUT2D eigenvalue weighted by Gasteiger charge is -2.26. The first-order valence-electron chi connectivity index (χ1n) is 6.72. The van der Waals surface area contributed by atoms with E-state index in [0.29, 0.717) is 12.1 Å². The SMILES string of the molecule is CNCCCCCCN(C)C1CCOC1C. The molecule has 1 rings (SSSR count). The maximum Gasteiger partial charge on any atom is 0.0702 e. The highest BCUT2D eigenvalue weighted by Crippen LogP contribution is 2.18. The summed E-state index contributed by atoms with van der Waals surface area (Å²) in [5, 5.41) is 3.19. The molecular weight excluding hydrogens is 200 g/mol. The van der Waals surface area contributed by atoms with Gasteiger partial charge in [-0.25, -0.2) is 0 Å². The Balaban J connectivity index is 1.99. The first kappa shape index (κ1) is 13.9. The molecule has 0 aromatic carbocycles. The summed E-state index contributed by atoms with van der Waals surface area (Å²) < 4.78 is 5.60. The van der Waals surface area contributed by atoms with Crippen LogP contribution in [-0.4, -0.2) is 50.8 Å². The second kappa shape index (κ2) is 8.04. The minimum atomic E-state index is 0.425. The molecule has 3 heteroatoms. The summed E-state index contributed by atoms with van der Waals surface area (Å²) in [5.41, 5.74) is 0. The van der Waals surface area contributed by atoms with Gasteiger partial charge in [-0.15, -0.1) is 0 Å². The fourth-order valence-electron chi connectivity index (χ4n) is 2.48. The number of likely N-dealkylation sites (N-methyl/N-ethyl adjacent to an activating group) is 1. The van der Waals surface area contributed by atoms with E-state index in [1.807, 2.05) is 7.05 Å². The Kier molecular flexibility index (Phi) is 7.01. The summed E-state index contributed by atoms with van der Waals surface area (Å²) in [7, 11) is 4.26. The first-order valence-corrected chi connectivity index (χ1v) is 6.72. The molecule has 0 bridgehead atoms. The average molecular weight is 228 g/mol. The van der Waals surface area contributed by atoms with Crippen molar-refractivity contribution in [1.29, 1.82) is 0 Å². The molecule has 2 atom stereocenters. The van der Waals surface area contributed by atoms with Gasteiger partial charge in [0.05, 0.1) is 6.10 Å². The number of ether oxygens (including phenoxy) is 1. The van der Waals surface area contributed by atoms with Gasteiger partial charge in [0.1, 0.15) is 0 Å². The van der Waals surface area contributed by atoms with Crippen LogP contribution in [0.1, 0.15) is 39.0 Å². The average Bonchev–Trinajstić information content (AvgIpc) is 2.69. The van der Waals surface area contributed by atoms with E-state index in [9.17, 15) is 0 Å². The van der Waals surface area contributed by atoms with Crippen LogP contribution in [0.5, 0.6) is 0 Å². The molecule has 1 saturated heterocycles. The van der Waals surface area contributed by atoms with Crippen LogP contribution in [0.2, 0.25) is 0 Å². The van der Waals surface area contributed by atoms with Crippen LogP contribution in [-0.2, 0) is 4.74 Å². The zero-order chi connectivity index (χ0) is 11.8. The zero-order valence-corrected chi connectivity index (χ0v) is 11.2. The van der Waals surface area contributed by atoms with Crippen molar-refractivity contribution < 1.29 is 4.74 Å².